The molecule has 2 heterocycles. The number of methoxy groups -OCH3 is 1. The predicted octanol–water partition coefficient (Wildman–Crippen LogP) is 1.32. The highest BCUT2D eigenvalue weighted by Gasteiger charge is 2.23. The van der Waals surface area contributed by atoms with Crippen molar-refractivity contribution in [2.24, 2.45) is 11.7 Å². The lowest BCUT2D eigenvalue weighted by molar-refractivity contribution is 0.161. The lowest BCUT2D eigenvalue weighted by Gasteiger charge is -2.18. The van der Waals surface area contributed by atoms with Crippen molar-refractivity contribution in [1.82, 2.24) is 4.98 Å². The molecule has 1 aliphatic heterocycles. The van der Waals surface area contributed by atoms with Crippen LogP contribution in [0.3, 0.4) is 0 Å². The van der Waals surface area contributed by atoms with Gasteiger partial charge < -0.3 is 15.4 Å². The molecule has 1 atom stereocenters. The first kappa shape index (κ1) is 12.3. The first-order valence-electron chi connectivity index (χ1n) is 6.14. The number of nitrogens with zero attached hydrogens (tertiary/aromatic N) is 2. The molecule has 1 aromatic heterocycles. The Morgan fingerprint density at radius 1 is 1.53 bits per heavy atom. The maximum atomic E-state index is 5.69. The number of aromatic nitrogens is 1. The second-order valence-electron chi connectivity index (χ2n) is 4.74. The standard InChI is InChI=1S/C13H21N3O/c1-10-5-12(7-14)6-13(15-10)16-4-3-11(8-16)9-17-2/h5-6,11H,3-4,7-9,14H2,1-2H3. The molecule has 0 bridgehead atoms. The number of hydrogen-bond donors (Lipinski definition) is 1. The van der Waals surface area contributed by atoms with Crippen LogP contribution >= 0.6 is 0 Å². The van der Waals surface area contributed by atoms with Gasteiger partial charge in [0.25, 0.3) is 0 Å². The number of anilines is 1. The van der Waals surface area contributed by atoms with Gasteiger partial charge in [0.2, 0.25) is 0 Å². The molecule has 17 heavy (non-hydrogen) atoms. The molecule has 4 heteroatoms. The molecule has 1 unspecified atom stereocenters. The summed E-state index contributed by atoms with van der Waals surface area (Å²) in [4.78, 5) is 6.92. The molecule has 0 amide bonds. The maximum Gasteiger partial charge on any atom is 0.129 e. The lowest BCUT2D eigenvalue weighted by Crippen LogP contribution is -2.22. The van der Waals surface area contributed by atoms with Crippen LogP contribution in [-0.2, 0) is 11.3 Å². The summed E-state index contributed by atoms with van der Waals surface area (Å²) in [5.41, 5.74) is 7.89. The van der Waals surface area contributed by atoms with Crippen LogP contribution in [0, 0.1) is 12.8 Å². The van der Waals surface area contributed by atoms with Crippen molar-refractivity contribution in [2.45, 2.75) is 19.9 Å². The Morgan fingerprint density at radius 3 is 3.06 bits per heavy atom. The third-order valence-corrected chi connectivity index (χ3v) is 3.25. The van der Waals surface area contributed by atoms with E-state index in [1.807, 2.05) is 13.0 Å². The molecule has 0 saturated carbocycles. The van der Waals surface area contributed by atoms with Crippen molar-refractivity contribution in [3.63, 3.8) is 0 Å². The van der Waals surface area contributed by atoms with Crippen LogP contribution in [0.25, 0.3) is 0 Å². The third kappa shape index (κ3) is 2.96. The maximum absolute atomic E-state index is 5.69. The molecule has 4 nitrogen and oxygen atoms in total. The second-order valence-corrected chi connectivity index (χ2v) is 4.74. The molecule has 0 radical (unpaired) electrons. The number of ether oxygens (including phenoxy) is 1. The normalized spacial score (nSPS) is 19.9. The minimum atomic E-state index is 0.575. The smallest absolute Gasteiger partial charge is 0.129 e. The number of pyridine rings is 1. The van der Waals surface area contributed by atoms with Crippen LogP contribution in [0.15, 0.2) is 12.1 Å². The first-order chi connectivity index (χ1) is 8.22. The SMILES string of the molecule is COCC1CCN(c2cc(CN)cc(C)n2)C1. The summed E-state index contributed by atoms with van der Waals surface area (Å²) in [6.45, 7) is 5.53. The second kappa shape index (κ2) is 5.47. The molecule has 1 aromatic rings. The Kier molecular flexibility index (Phi) is 3.97. The van der Waals surface area contributed by atoms with Gasteiger partial charge in [-0.1, -0.05) is 0 Å². The molecule has 1 fully saturated rings. The zero-order valence-electron chi connectivity index (χ0n) is 10.6. The average Bonchev–Trinajstić information content (AvgIpc) is 2.77. The molecule has 0 aromatic carbocycles. The fourth-order valence-corrected chi connectivity index (χ4v) is 2.41. The topological polar surface area (TPSA) is 51.4 Å². The summed E-state index contributed by atoms with van der Waals surface area (Å²) in [6.07, 6.45) is 1.18. The third-order valence-electron chi connectivity index (χ3n) is 3.25. The van der Waals surface area contributed by atoms with E-state index in [1.165, 1.54) is 6.42 Å². The predicted molar refractivity (Wildman–Crippen MR) is 69.1 cm³/mol. The first-order valence-corrected chi connectivity index (χ1v) is 6.14. The van der Waals surface area contributed by atoms with Gasteiger partial charge in [0, 0.05) is 38.4 Å². The molecular weight excluding hydrogens is 214 g/mol. The van der Waals surface area contributed by atoms with Crippen molar-refractivity contribution in [3.05, 3.63) is 23.4 Å². The highest BCUT2D eigenvalue weighted by Crippen LogP contribution is 2.23. The van der Waals surface area contributed by atoms with Crippen LogP contribution in [0.1, 0.15) is 17.7 Å². The molecule has 1 aliphatic rings. The van der Waals surface area contributed by atoms with Crippen LogP contribution in [-0.4, -0.2) is 31.8 Å². The highest BCUT2D eigenvalue weighted by molar-refractivity contribution is 5.43. The highest BCUT2D eigenvalue weighted by atomic mass is 16.5. The van der Waals surface area contributed by atoms with E-state index in [9.17, 15) is 0 Å². The Labute approximate surface area is 103 Å². The van der Waals surface area contributed by atoms with E-state index in [0.29, 0.717) is 12.5 Å². The largest absolute Gasteiger partial charge is 0.384 e. The lowest BCUT2D eigenvalue weighted by atomic mass is 10.1. The fraction of sp³-hybridized carbons (Fsp3) is 0.615. The van der Waals surface area contributed by atoms with Gasteiger partial charge in [-0.2, -0.15) is 0 Å². The number of rotatable bonds is 4. The Bertz CT molecular complexity index is 381. The zero-order chi connectivity index (χ0) is 12.3. The van der Waals surface area contributed by atoms with Crippen LogP contribution in [0.2, 0.25) is 0 Å². The summed E-state index contributed by atoms with van der Waals surface area (Å²) in [6, 6.07) is 4.15. The van der Waals surface area contributed by atoms with Crippen LogP contribution < -0.4 is 10.6 Å². The van der Waals surface area contributed by atoms with Gasteiger partial charge >= 0.3 is 0 Å². The van der Waals surface area contributed by atoms with Crippen molar-refractivity contribution in [2.75, 3.05) is 31.7 Å². The van der Waals surface area contributed by atoms with E-state index in [-0.39, 0.29) is 0 Å². The molecule has 0 aliphatic carbocycles. The van der Waals surface area contributed by atoms with Crippen molar-refractivity contribution in [3.8, 4) is 0 Å². The quantitative estimate of drug-likeness (QED) is 0.855. The molecule has 94 valence electrons. The summed E-state index contributed by atoms with van der Waals surface area (Å²) >= 11 is 0. The molecule has 1 saturated heterocycles. The fourth-order valence-electron chi connectivity index (χ4n) is 2.41. The van der Waals surface area contributed by atoms with Gasteiger partial charge in [0.05, 0.1) is 6.61 Å². The average molecular weight is 235 g/mol. The Hall–Kier alpha value is -1.13. The minimum absolute atomic E-state index is 0.575. The minimum Gasteiger partial charge on any atom is -0.384 e. The van der Waals surface area contributed by atoms with Crippen molar-refractivity contribution < 1.29 is 4.74 Å². The van der Waals surface area contributed by atoms with E-state index < -0.39 is 0 Å². The summed E-state index contributed by atoms with van der Waals surface area (Å²) in [5.74, 6) is 1.69. The van der Waals surface area contributed by atoms with Crippen LogP contribution in [0.4, 0.5) is 5.82 Å². The molecule has 2 rings (SSSR count). The monoisotopic (exact) mass is 235 g/mol. The molecular formula is C13H21N3O. The Balaban J connectivity index is 2.10. The number of nitrogens with two attached hydrogens (primary N) is 1. The van der Waals surface area contributed by atoms with E-state index in [1.54, 1.807) is 7.11 Å². The molecule has 2 N–H and O–H groups in total. The summed E-state index contributed by atoms with van der Waals surface area (Å²) < 4.78 is 5.21. The van der Waals surface area contributed by atoms with Crippen LogP contribution in [0.5, 0.6) is 0 Å². The van der Waals surface area contributed by atoms with Gasteiger partial charge in [-0.05, 0) is 31.0 Å². The van der Waals surface area contributed by atoms with E-state index in [2.05, 4.69) is 16.0 Å². The number of hydrogen-bond acceptors (Lipinski definition) is 4. The van der Waals surface area contributed by atoms with Gasteiger partial charge in [-0.25, -0.2) is 4.98 Å². The summed E-state index contributed by atoms with van der Waals surface area (Å²) in [7, 11) is 1.76. The molecule has 0 spiro atoms. The van der Waals surface area contributed by atoms with E-state index in [4.69, 9.17) is 10.5 Å². The van der Waals surface area contributed by atoms with Gasteiger partial charge in [-0.15, -0.1) is 0 Å². The van der Waals surface area contributed by atoms with Gasteiger partial charge in [-0.3, -0.25) is 0 Å². The summed E-state index contributed by atoms with van der Waals surface area (Å²) in [5, 5.41) is 0. The Morgan fingerprint density at radius 2 is 2.35 bits per heavy atom. The van der Waals surface area contributed by atoms with Crippen molar-refractivity contribution >= 4 is 5.82 Å². The van der Waals surface area contributed by atoms with Crippen molar-refractivity contribution in [1.29, 1.82) is 0 Å². The van der Waals surface area contributed by atoms with Gasteiger partial charge in [0.1, 0.15) is 5.82 Å². The van der Waals surface area contributed by atoms with Gasteiger partial charge in [0.15, 0.2) is 0 Å². The van der Waals surface area contributed by atoms with E-state index in [0.717, 1.165) is 36.8 Å². The zero-order valence-corrected chi connectivity index (χ0v) is 10.6. The van der Waals surface area contributed by atoms with E-state index >= 15 is 0 Å². The number of aryl methyl sites for hydroxylation is 1.